The van der Waals surface area contributed by atoms with Gasteiger partial charge in [-0.25, -0.2) is 0 Å². The molecule has 0 aliphatic carbocycles. The van der Waals surface area contributed by atoms with Crippen LogP contribution in [0.2, 0.25) is 0 Å². The molecule has 82 valence electrons. The van der Waals surface area contributed by atoms with Crippen LogP contribution in [0.25, 0.3) is 0 Å². The molecule has 0 aromatic heterocycles. The van der Waals surface area contributed by atoms with E-state index in [4.69, 9.17) is 0 Å². The van der Waals surface area contributed by atoms with Crippen LogP contribution in [0, 0.1) is 5.92 Å². The molecule has 0 bridgehead atoms. The molecule has 0 heterocycles. The number of aryl methyl sites for hydroxylation is 1. The summed E-state index contributed by atoms with van der Waals surface area (Å²) in [5.74, 6) is 0.189. The van der Waals surface area contributed by atoms with Gasteiger partial charge in [-0.05, 0) is 25.3 Å². The molecule has 1 nitrogen and oxygen atoms in total. The topological polar surface area (TPSA) is 20.2 Å². The average Bonchev–Trinajstić information content (AvgIpc) is 2.26. The van der Waals surface area contributed by atoms with Gasteiger partial charge in [0.05, 0.1) is 6.10 Å². The molecule has 1 N–H and O–H groups in total. The Balaban J connectivity index is 2.41. The van der Waals surface area contributed by atoms with E-state index in [0.29, 0.717) is 0 Å². The summed E-state index contributed by atoms with van der Waals surface area (Å²) in [6.45, 7) is 7.87. The molecule has 0 saturated heterocycles. The van der Waals surface area contributed by atoms with E-state index >= 15 is 0 Å². The number of hydrogen-bond donors (Lipinski definition) is 1. The van der Waals surface area contributed by atoms with E-state index in [1.54, 1.807) is 0 Å². The van der Waals surface area contributed by atoms with Crippen LogP contribution in [-0.2, 0) is 6.42 Å². The second kappa shape index (κ2) is 5.72. The Morgan fingerprint density at radius 3 is 2.47 bits per heavy atom. The SMILES string of the molecule is C=C(C)[C@@H](C)[C@H](O)CCc1ccccc1. The van der Waals surface area contributed by atoms with Gasteiger partial charge in [-0.1, -0.05) is 49.4 Å². The Kier molecular flexibility index (Phi) is 4.57. The lowest BCUT2D eigenvalue weighted by Gasteiger charge is -2.18. The molecule has 2 atom stereocenters. The minimum atomic E-state index is -0.275. The third kappa shape index (κ3) is 3.88. The standard InChI is InChI=1S/C14H20O/c1-11(2)12(3)14(15)10-9-13-7-5-4-6-8-13/h4-8,12,14-15H,1,9-10H2,2-3H3/t12-,14-/m1/s1. The fourth-order valence-corrected chi connectivity index (χ4v) is 1.54. The van der Waals surface area contributed by atoms with Gasteiger partial charge < -0.3 is 5.11 Å². The van der Waals surface area contributed by atoms with Crippen molar-refractivity contribution in [3.05, 3.63) is 48.0 Å². The molecule has 0 saturated carbocycles. The van der Waals surface area contributed by atoms with Crippen molar-refractivity contribution in [2.45, 2.75) is 32.8 Å². The summed E-state index contributed by atoms with van der Waals surface area (Å²) in [6.07, 6.45) is 1.46. The summed E-state index contributed by atoms with van der Waals surface area (Å²) >= 11 is 0. The summed E-state index contributed by atoms with van der Waals surface area (Å²) in [5, 5.41) is 9.89. The number of aliphatic hydroxyl groups is 1. The quantitative estimate of drug-likeness (QED) is 0.730. The molecule has 1 aromatic carbocycles. The Labute approximate surface area is 92.5 Å². The molecule has 0 unspecified atom stereocenters. The van der Waals surface area contributed by atoms with Crippen molar-refractivity contribution in [1.29, 1.82) is 0 Å². The van der Waals surface area contributed by atoms with E-state index in [0.717, 1.165) is 18.4 Å². The van der Waals surface area contributed by atoms with Crippen LogP contribution in [-0.4, -0.2) is 11.2 Å². The molecular weight excluding hydrogens is 184 g/mol. The summed E-state index contributed by atoms with van der Waals surface area (Å²) < 4.78 is 0. The largest absolute Gasteiger partial charge is 0.393 e. The van der Waals surface area contributed by atoms with Crippen molar-refractivity contribution < 1.29 is 5.11 Å². The normalized spacial score (nSPS) is 14.6. The fourth-order valence-electron chi connectivity index (χ4n) is 1.54. The maximum absolute atomic E-state index is 9.89. The maximum Gasteiger partial charge on any atom is 0.0605 e. The van der Waals surface area contributed by atoms with Gasteiger partial charge in [0.1, 0.15) is 0 Å². The molecule has 15 heavy (non-hydrogen) atoms. The van der Waals surface area contributed by atoms with Gasteiger partial charge in [0, 0.05) is 5.92 Å². The van der Waals surface area contributed by atoms with Gasteiger partial charge in [0.15, 0.2) is 0 Å². The van der Waals surface area contributed by atoms with E-state index in [1.807, 2.05) is 32.0 Å². The number of hydrogen-bond acceptors (Lipinski definition) is 1. The van der Waals surface area contributed by atoms with Crippen molar-refractivity contribution in [2.24, 2.45) is 5.92 Å². The first-order valence-electron chi connectivity index (χ1n) is 5.48. The third-order valence-electron chi connectivity index (χ3n) is 2.93. The second-order valence-corrected chi connectivity index (χ2v) is 4.23. The predicted molar refractivity (Wildman–Crippen MR) is 64.7 cm³/mol. The molecule has 1 aromatic rings. The molecule has 0 fully saturated rings. The molecule has 1 heteroatoms. The van der Waals surface area contributed by atoms with Gasteiger partial charge in [-0.2, -0.15) is 0 Å². The minimum Gasteiger partial charge on any atom is -0.393 e. The molecule has 1 rings (SSSR count). The van der Waals surface area contributed by atoms with Crippen molar-refractivity contribution in [2.75, 3.05) is 0 Å². The zero-order valence-corrected chi connectivity index (χ0v) is 9.61. The zero-order chi connectivity index (χ0) is 11.3. The van der Waals surface area contributed by atoms with E-state index in [9.17, 15) is 5.11 Å². The maximum atomic E-state index is 9.89. The van der Waals surface area contributed by atoms with E-state index in [1.165, 1.54) is 5.56 Å². The van der Waals surface area contributed by atoms with E-state index in [2.05, 4.69) is 18.7 Å². The van der Waals surface area contributed by atoms with Crippen molar-refractivity contribution in [3.8, 4) is 0 Å². The van der Waals surface area contributed by atoms with Crippen LogP contribution in [0.3, 0.4) is 0 Å². The third-order valence-corrected chi connectivity index (χ3v) is 2.93. The summed E-state index contributed by atoms with van der Waals surface area (Å²) in [5.41, 5.74) is 2.33. The first-order chi connectivity index (χ1) is 7.11. The highest BCUT2D eigenvalue weighted by molar-refractivity contribution is 5.14. The van der Waals surface area contributed by atoms with Gasteiger partial charge in [-0.3, -0.25) is 0 Å². The highest BCUT2D eigenvalue weighted by atomic mass is 16.3. The number of rotatable bonds is 5. The van der Waals surface area contributed by atoms with E-state index < -0.39 is 0 Å². The van der Waals surface area contributed by atoms with Crippen LogP contribution in [0.5, 0.6) is 0 Å². The highest BCUT2D eigenvalue weighted by Crippen LogP contribution is 2.16. The summed E-state index contributed by atoms with van der Waals surface area (Å²) in [7, 11) is 0. The molecular formula is C14H20O. The van der Waals surface area contributed by atoms with Crippen molar-refractivity contribution in [3.63, 3.8) is 0 Å². The molecule has 0 aliphatic rings. The van der Waals surface area contributed by atoms with Crippen molar-refractivity contribution in [1.82, 2.24) is 0 Å². The Morgan fingerprint density at radius 1 is 1.33 bits per heavy atom. The molecule has 0 spiro atoms. The molecule has 0 amide bonds. The van der Waals surface area contributed by atoms with Crippen LogP contribution >= 0.6 is 0 Å². The molecule has 0 radical (unpaired) electrons. The van der Waals surface area contributed by atoms with Gasteiger partial charge in [-0.15, -0.1) is 0 Å². The lowest BCUT2D eigenvalue weighted by molar-refractivity contribution is 0.124. The first-order valence-corrected chi connectivity index (χ1v) is 5.48. The van der Waals surface area contributed by atoms with Gasteiger partial charge in [0.25, 0.3) is 0 Å². The van der Waals surface area contributed by atoms with Crippen LogP contribution in [0.15, 0.2) is 42.5 Å². The molecule has 0 aliphatic heterocycles. The average molecular weight is 204 g/mol. The van der Waals surface area contributed by atoms with Gasteiger partial charge in [0.2, 0.25) is 0 Å². The zero-order valence-electron chi connectivity index (χ0n) is 9.61. The lowest BCUT2D eigenvalue weighted by atomic mass is 9.93. The predicted octanol–water partition coefficient (Wildman–Crippen LogP) is 3.19. The second-order valence-electron chi connectivity index (χ2n) is 4.23. The Bertz CT molecular complexity index is 302. The lowest BCUT2D eigenvalue weighted by Crippen LogP contribution is -2.18. The van der Waals surface area contributed by atoms with E-state index in [-0.39, 0.29) is 12.0 Å². The smallest absolute Gasteiger partial charge is 0.0605 e. The fraction of sp³-hybridized carbons (Fsp3) is 0.429. The highest BCUT2D eigenvalue weighted by Gasteiger charge is 2.14. The van der Waals surface area contributed by atoms with Crippen LogP contribution in [0.4, 0.5) is 0 Å². The number of aliphatic hydroxyl groups excluding tert-OH is 1. The van der Waals surface area contributed by atoms with Gasteiger partial charge >= 0.3 is 0 Å². The summed E-state index contributed by atoms with van der Waals surface area (Å²) in [6, 6.07) is 10.3. The van der Waals surface area contributed by atoms with Crippen molar-refractivity contribution >= 4 is 0 Å². The Morgan fingerprint density at radius 2 is 1.93 bits per heavy atom. The number of benzene rings is 1. The van der Waals surface area contributed by atoms with Crippen LogP contribution in [0.1, 0.15) is 25.8 Å². The first kappa shape index (κ1) is 12.0. The van der Waals surface area contributed by atoms with Crippen LogP contribution < -0.4 is 0 Å². The Hall–Kier alpha value is -1.08. The summed E-state index contributed by atoms with van der Waals surface area (Å²) in [4.78, 5) is 0. The minimum absolute atomic E-state index is 0.189. The monoisotopic (exact) mass is 204 g/mol.